The zero-order chi connectivity index (χ0) is 13.5. The van der Waals surface area contributed by atoms with E-state index in [9.17, 15) is 17.2 Å². The van der Waals surface area contributed by atoms with Gasteiger partial charge in [0.05, 0.1) is 15.4 Å². The molecule has 1 N–H and O–H groups in total. The Labute approximate surface area is 115 Å². The molecule has 0 aliphatic carbocycles. The Morgan fingerprint density at radius 2 is 2.00 bits per heavy atom. The Bertz CT molecular complexity index is 700. The van der Waals surface area contributed by atoms with E-state index in [0.717, 1.165) is 6.20 Å². The minimum absolute atomic E-state index is 0.0933. The molecule has 0 spiro atoms. The summed E-state index contributed by atoms with van der Waals surface area (Å²) in [5, 5.41) is 0.353. The van der Waals surface area contributed by atoms with Crippen LogP contribution in [0.4, 0.5) is 8.78 Å². The lowest BCUT2D eigenvalue weighted by Gasteiger charge is -2.05. The molecule has 0 aliphatic heterocycles. The van der Waals surface area contributed by atoms with Gasteiger partial charge in [-0.3, -0.25) is 0 Å². The molecule has 0 fully saturated rings. The molecule has 0 atom stereocenters. The molecule has 2 aromatic rings. The van der Waals surface area contributed by atoms with Gasteiger partial charge in [0.1, 0.15) is 4.90 Å². The van der Waals surface area contributed by atoms with E-state index in [1.165, 1.54) is 12.1 Å². The first-order valence-corrected chi connectivity index (χ1v) is 8.06. The van der Waals surface area contributed by atoms with E-state index < -0.39 is 14.8 Å². The van der Waals surface area contributed by atoms with Crippen LogP contribution in [0, 0.1) is 0 Å². The molecule has 2 rings (SSSR count). The van der Waals surface area contributed by atoms with Crippen LogP contribution in [0.15, 0.2) is 28.1 Å². The molecular weight excluding hydrogens is 327 g/mol. The monoisotopic (exact) mass is 331 g/mol. The molecule has 18 heavy (non-hydrogen) atoms. The summed E-state index contributed by atoms with van der Waals surface area (Å²) in [6.07, 6.45) is 1.15. The fourth-order valence-electron chi connectivity index (χ4n) is 1.53. The summed E-state index contributed by atoms with van der Waals surface area (Å²) in [5.41, 5.74) is 0.229. The quantitative estimate of drug-likeness (QED) is 0.681. The van der Waals surface area contributed by atoms with Gasteiger partial charge in [0.25, 0.3) is 14.8 Å². The zero-order valence-corrected chi connectivity index (χ0v) is 11.6. The highest BCUT2D eigenvalue weighted by molar-refractivity contribution is 8.14. The van der Waals surface area contributed by atoms with E-state index in [-0.39, 0.29) is 37.5 Å². The fourth-order valence-corrected chi connectivity index (χ4v) is 3.48. The molecule has 1 aromatic heterocycles. The molecule has 9 heteroatoms. The third-order valence-corrected chi connectivity index (χ3v) is 4.82. The largest absolute Gasteiger partial charge is 0.359 e. The van der Waals surface area contributed by atoms with Crippen molar-refractivity contribution in [2.75, 3.05) is 0 Å². The van der Waals surface area contributed by atoms with Crippen molar-refractivity contribution in [3.63, 3.8) is 0 Å². The SMILES string of the molecule is O=S(=O)(Cl)c1c[nH]c2c(SC(F)F)c(Cl)ccc12. The molecule has 0 aliphatic rings. The second-order valence-corrected chi connectivity index (χ2v) is 7.21. The Kier molecular flexibility index (Phi) is 3.77. The van der Waals surface area contributed by atoms with Gasteiger partial charge >= 0.3 is 0 Å². The number of alkyl halides is 2. The van der Waals surface area contributed by atoms with Gasteiger partial charge in [-0.05, 0) is 12.1 Å². The van der Waals surface area contributed by atoms with Crippen molar-refractivity contribution < 1.29 is 17.2 Å². The van der Waals surface area contributed by atoms with Gasteiger partial charge in [-0.2, -0.15) is 8.78 Å². The Morgan fingerprint density at radius 1 is 1.33 bits per heavy atom. The number of H-pyrrole nitrogens is 1. The van der Waals surface area contributed by atoms with Crippen LogP contribution in [0.1, 0.15) is 0 Å². The molecule has 3 nitrogen and oxygen atoms in total. The van der Waals surface area contributed by atoms with Crippen LogP contribution in [0.25, 0.3) is 10.9 Å². The van der Waals surface area contributed by atoms with E-state index in [0.29, 0.717) is 0 Å². The first-order chi connectivity index (χ1) is 8.30. The van der Waals surface area contributed by atoms with Crippen molar-refractivity contribution in [3.05, 3.63) is 23.4 Å². The number of halogens is 4. The van der Waals surface area contributed by atoms with Gasteiger partial charge < -0.3 is 4.98 Å². The van der Waals surface area contributed by atoms with Crippen molar-refractivity contribution in [1.82, 2.24) is 4.98 Å². The maximum Gasteiger partial charge on any atom is 0.289 e. The summed E-state index contributed by atoms with van der Waals surface area (Å²) in [4.78, 5) is 2.54. The van der Waals surface area contributed by atoms with Crippen LogP contribution in [0.3, 0.4) is 0 Å². The maximum absolute atomic E-state index is 12.4. The molecule has 1 heterocycles. The average Bonchev–Trinajstić information content (AvgIpc) is 2.65. The second kappa shape index (κ2) is 4.88. The predicted octanol–water partition coefficient (Wildman–Crippen LogP) is 4.06. The molecule has 0 saturated carbocycles. The molecule has 0 bridgehead atoms. The summed E-state index contributed by atoms with van der Waals surface area (Å²) >= 11 is 6.06. The number of hydrogen-bond donors (Lipinski definition) is 1. The Hall–Kier alpha value is -0.500. The number of thioether (sulfide) groups is 1. The highest BCUT2D eigenvalue weighted by atomic mass is 35.7. The number of rotatable bonds is 3. The van der Waals surface area contributed by atoms with Gasteiger partial charge in [0, 0.05) is 22.3 Å². The van der Waals surface area contributed by atoms with E-state index in [2.05, 4.69) is 4.98 Å². The number of aromatic amines is 1. The summed E-state index contributed by atoms with van der Waals surface area (Å²) in [6.45, 7) is 0. The average molecular weight is 332 g/mol. The molecule has 0 radical (unpaired) electrons. The van der Waals surface area contributed by atoms with Crippen LogP contribution in [0.5, 0.6) is 0 Å². The van der Waals surface area contributed by atoms with Gasteiger partial charge in [-0.1, -0.05) is 23.4 Å². The normalized spacial score (nSPS) is 12.5. The molecule has 0 amide bonds. The number of aromatic nitrogens is 1. The van der Waals surface area contributed by atoms with Crippen molar-refractivity contribution in [2.45, 2.75) is 15.5 Å². The summed E-state index contributed by atoms with van der Waals surface area (Å²) < 4.78 is 47.4. The highest BCUT2D eigenvalue weighted by Crippen LogP contribution is 2.39. The molecule has 0 saturated heterocycles. The third kappa shape index (κ3) is 2.59. The highest BCUT2D eigenvalue weighted by Gasteiger charge is 2.20. The second-order valence-electron chi connectivity index (χ2n) is 3.27. The van der Waals surface area contributed by atoms with Crippen molar-refractivity contribution in [2.24, 2.45) is 0 Å². The first kappa shape index (κ1) is 13.9. The standard InChI is InChI=1S/C9H5Cl2F2NO2S2/c10-5-2-1-4-6(18(11,15)16)3-14-7(4)8(5)17-9(12)13/h1-3,9,14H. The number of fused-ring (bicyclic) bond motifs is 1. The molecule has 0 unspecified atom stereocenters. The first-order valence-electron chi connectivity index (χ1n) is 4.50. The van der Waals surface area contributed by atoms with Crippen molar-refractivity contribution >= 4 is 54.0 Å². The molecular formula is C9H5Cl2F2NO2S2. The minimum atomic E-state index is -3.94. The summed E-state index contributed by atoms with van der Waals surface area (Å²) in [5.74, 6) is -2.66. The molecule has 1 aromatic carbocycles. The predicted molar refractivity (Wildman–Crippen MR) is 68.2 cm³/mol. The Balaban J connectivity index is 2.73. The van der Waals surface area contributed by atoms with E-state index in [1.807, 2.05) is 0 Å². The van der Waals surface area contributed by atoms with Crippen LogP contribution in [0.2, 0.25) is 5.02 Å². The van der Waals surface area contributed by atoms with E-state index in [4.69, 9.17) is 22.3 Å². The van der Waals surface area contributed by atoms with Gasteiger partial charge in [0.2, 0.25) is 0 Å². The van der Waals surface area contributed by atoms with Crippen LogP contribution < -0.4 is 0 Å². The number of hydrogen-bond acceptors (Lipinski definition) is 3. The van der Waals surface area contributed by atoms with Crippen molar-refractivity contribution in [3.8, 4) is 0 Å². The summed E-state index contributed by atoms with van der Waals surface area (Å²) in [6, 6.07) is 2.77. The fraction of sp³-hybridized carbons (Fsp3) is 0.111. The smallest absolute Gasteiger partial charge is 0.289 e. The molecule has 98 valence electrons. The van der Waals surface area contributed by atoms with Gasteiger partial charge in [-0.15, -0.1) is 0 Å². The lowest BCUT2D eigenvalue weighted by atomic mass is 10.2. The maximum atomic E-state index is 12.4. The minimum Gasteiger partial charge on any atom is -0.359 e. The van der Waals surface area contributed by atoms with Gasteiger partial charge in [-0.25, -0.2) is 8.42 Å². The lowest BCUT2D eigenvalue weighted by molar-refractivity contribution is 0.252. The van der Waals surface area contributed by atoms with Crippen molar-refractivity contribution in [1.29, 1.82) is 0 Å². The van der Waals surface area contributed by atoms with E-state index in [1.54, 1.807) is 0 Å². The number of nitrogens with one attached hydrogen (secondary N) is 1. The summed E-state index contributed by atoms with van der Waals surface area (Å²) in [7, 11) is 1.30. The Morgan fingerprint density at radius 3 is 2.56 bits per heavy atom. The lowest BCUT2D eigenvalue weighted by Crippen LogP contribution is -1.89. The topological polar surface area (TPSA) is 49.9 Å². The van der Waals surface area contributed by atoms with Crippen LogP contribution in [-0.4, -0.2) is 19.2 Å². The van der Waals surface area contributed by atoms with E-state index >= 15 is 0 Å². The van der Waals surface area contributed by atoms with Crippen LogP contribution >= 0.6 is 34.0 Å². The third-order valence-electron chi connectivity index (χ3n) is 2.19. The van der Waals surface area contributed by atoms with Gasteiger partial charge in [0.15, 0.2) is 0 Å². The number of benzene rings is 1. The van der Waals surface area contributed by atoms with Crippen LogP contribution in [-0.2, 0) is 9.05 Å². The zero-order valence-electron chi connectivity index (χ0n) is 8.45.